The minimum absolute atomic E-state index is 0.0382. The Balaban J connectivity index is 2.42. The van der Waals surface area contributed by atoms with Gasteiger partial charge >= 0.3 is 0 Å². The van der Waals surface area contributed by atoms with E-state index in [0.29, 0.717) is 12.5 Å². The van der Waals surface area contributed by atoms with Gasteiger partial charge in [-0.1, -0.05) is 13.8 Å². The lowest BCUT2D eigenvalue weighted by atomic mass is 10.2. The Bertz CT molecular complexity index is 138. The van der Waals surface area contributed by atoms with Crippen LogP contribution >= 0.6 is 0 Å². The van der Waals surface area contributed by atoms with Gasteiger partial charge in [0, 0.05) is 5.92 Å². The highest BCUT2D eigenvalue weighted by molar-refractivity contribution is 4.95. The second-order valence-corrected chi connectivity index (χ2v) is 3.02. The third kappa shape index (κ3) is 1.74. The summed E-state index contributed by atoms with van der Waals surface area (Å²) >= 11 is 0. The largest absolute Gasteiger partial charge is 0.472 e. The van der Waals surface area contributed by atoms with Crippen LogP contribution in [-0.4, -0.2) is 12.9 Å². The topological polar surface area (TPSA) is 18.5 Å². The Kier molecular flexibility index (Phi) is 2.33. The van der Waals surface area contributed by atoms with Crippen LogP contribution in [0.5, 0.6) is 0 Å². The average Bonchev–Trinajstić information content (AvgIpc) is 1.88. The maximum Gasteiger partial charge on any atom is 0.201 e. The molecule has 0 aromatic rings. The van der Waals surface area contributed by atoms with E-state index in [0.717, 1.165) is 5.57 Å². The molecule has 1 atom stereocenters. The van der Waals surface area contributed by atoms with Gasteiger partial charge in [0.1, 0.15) is 0 Å². The summed E-state index contributed by atoms with van der Waals surface area (Å²) in [6.07, 6.45) is 1.75. The fourth-order valence-electron chi connectivity index (χ4n) is 0.820. The lowest BCUT2D eigenvalue weighted by molar-refractivity contribution is -0.140. The monoisotopic (exact) mass is 142 g/mol. The highest BCUT2D eigenvalue weighted by atomic mass is 16.7. The Hall–Kier alpha value is -0.500. The van der Waals surface area contributed by atoms with E-state index in [-0.39, 0.29) is 6.29 Å². The number of rotatable bonds is 1. The van der Waals surface area contributed by atoms with Gasteiger partial charge < -0.3 is 9.47 Å². The van der Waals surface area contributed by atoms with Crippen LogP contribution in [-0.2, 0) is 9.47 Å². The summed E-state index contributed by atoms with van der Waals surface area (Å²) in [5.41, 5.74) is 1.15. The summed E-state index contributed by atoms with van der Waals surface area (Å²) in [5, 5.41) is 0. The number of hydrogen-bond donors (Lipinski definition) is 0. The molecule has 1 heterocycles. The zero-order valence-corrected chi connectivity index (χ0v) is 6.76. The zero-order chi connectivity index (χ0) is 7.56. The molecule has 10 heavy (non-hydrogen) atoms. The van der Waals surface area contributed by atoms with Gasteiger partial charge in [-0.25, -0.2) is 0 Å². The Morgan fingerprint density at radius 3 is 2.70 bits per heavy atom. The highest BCUT2D eigenvalue weighted by Crippen LogP contribution is 2.15. The van der Waals surface area contributed by atoms with Gasteiger partial charge in [0.25, 0.3) is 0 Å². The molecular weight excluding hydrogens is 128 g/mol. The quantitative estimate of drug-likeness (QED) is 0.557. The molecule has 1 aliphatic rings. The lowest BCUT2D eigenvalue weighted by Gasteiger charge is -2.24. The molecule has 0 N–H and O–H groups in total. The molecule has 58 valence electrons. The predicted molar refractivity (Wildman–Crippen MR) is 39.4 cm³/mol. The summed E-state index contributed by atoms with van der Waals surface area (Å²) in [5.74, 6) is 0.435. The molecule has 0 radical (unpaired) electrons. The minimum Gasteiger partial charge on any atom is -0.472 e. The summed E-state index contributed by atoms with van der Waals surface area (Å²) in [6.45, 7) is 6.87. The van der Waals surface area contributed by atoms with Crippen LogP contribution in [0.2, 0.25) is 0 Å². The maximum absolute atomic E-state index is 5.36. The molecule has 0 aliphatic carbocycles. The fraction of sp³-hybridized carbons (Fsp3) is 0.750. The van der Waals surface area contributed by atoms with Crippen molar-refractivity contribution in [3.8, 4) is 0 Å². The van der Waals surface area contributed by atoms with Crippen molar-refractivity contribution >= 4 is 0 Å². The molecule has 1 unspecified atom stereocenters. The maximum atomic E-state index is 5.36. The Morgan fingerprint density at radius 1 is 1.60 bits per heavy atom. The SMILES string of the molecule is CC1=COC(C(C)C)OC1. The van der Waals surface area contributed by atoms with Crippen LogP contribution in [0.1, 0.15) is 20.8 Å². The average molecular weight is 142 g/mol. The molecule has 0 spiro atoms. The molecule has 0 amide bonds. The fourth-order valence-corrected chi connectivity index (χ4v) is 0.820. The van der Waals surface area contributed by atoms with Crippen LogP contribution in [0, 0.1) is 5.92 Å². The molecule has 0 fully saturated rings. The van der Waals surface area contributed by atoms with Crippen LogP contribution in [0.15, 0.2) is 11.8 Å². The van der Waals surface area contributed by atoms with Gasteiger partial charge in [0.15, 0.2) is 0 Å². The molecule has 0 saturated carbocycles. The van der Waals surface area contributed by atoms with Crippen LogP contribution in [0.4, 0.5) is 0 Å². The molecule has 2 heteroatoms. The van der Waals surface area contributed by atoms with Crippen LogP contribution in [0.25, 0.3) is 0 Å². The third-order valence-corrected chi connectivity index (χ3v) is 1.42. The number of hydrogen-bond acceptors (Lipinski definition) is 2. The van der Waals surface area contributed by atoms with Gasteiger partial charge in [-0.3, -0.25) is 0 Å². The van der Waals surface area contributed by atoms with Gasteiger partial charge in [0.2, 0.25) is 6.29 Å². The number of ether oxygens (including phenoxy) is 2. The van der Waals surface area contributed by atoms with Gasteiger partial charge in [-0.2, -0.15) is 0 Å². The van der Waals surface area contributed by atoms with Crippen molar-refractivity contribution in [3.05, 3.63) is 11.8 Å². The summed E-state index contributed by atoms with van der Waals surface area (Å²) < 4.78 is 10.6. The van der Waals surface area contributed by atoms with Crippen molar-refractivity contribution in [2.24, 2.45) is 5.92 Å². The van der Waals surface area contributed by atoms with Crippen molar-refractivity contribution in [2.75, 3.05) is 6.61 Å². The van der Waals surface area contributed by atoms with Gasteiger partial charge in [-0.05, 0) is 12.5 Å². The van der Waals surface area contributed by atoms with Crippen molar-refractivity contribution in [1.82, 2.24) is 0 Å². The first-order chi connectivity index (χ1) is 4.70. The molecule has 1 aliphatic heterocycles. The van der Waals surface area contributed by atoms with Crippen LogP contribution < -0.4 is 0 Å². The molecule has 0 saturated heterocycles. The highest BCUT2D eigenvalue weighted by Gasteiger charge is 2.16. The smallest absolute Gasteiger partial charge is 0.201 e. The van der Waals surface area contributed by atoms with E-state index in [1.54, 1.807) is 6.26 Å². The normalized spacial score (nSPS) is 26.0. The first kappa shape index (κ1) is 7.61. The molecule has 0 aromatic carbocycles. The Labute approximate surface area is 61.8 Å². The summed E-state index contributed by atoms with van der Waals surface area (Å²) in [6, 6.07) is 0. The Morgan fingerprint density at radius 2 is 2.30 bits per heavy atom. The van der Waals surface area contributed by atoms with Crippen LogP contribution in [0.3, 0.4) is 0 Å². The lowest BCUT2D eigenvalue weighted by Crippen LogP contribution is -2.25. The first-order valence-electron chi connectivity index (χ1n) is 3.63. The summed E-state index contributed by atoms with van der Waals surface area (Å²) in [4.78, 5) is 0. The second kappa shape index (κ2) is 3.06. The van der Waals surface area contributed by atoms with E-state index >= 15 is 0 Å². The minimum atomic E-state index is -0.0382. The van der Waals surface area contributed by atoms with Crippen molar-refractivity contribution < 1.29 is 9.47 Å². The first-order valence-corrected chi connectivity index (χ1v) is 3.63. The third-order valence-electron chi connectivity index (χ3n) is 1.42. The predicted octanol–water partition coefficient (Wildman–Crippen LogP) is 1.92. The van der Waals surface area contributed by atoms with Crippen molar-refractivity contribution in [1.29, 1.82) is 0 Å². The summed E-state index contributed by atoms with van der Waals surface area (Å²) in [7, 11) is 0. The van der Waals surface area contributed by atoms with Gasteiger partial charge in [-0.15, -0.1) is 0 Å². The van der Waals surface area contributed by atoms with Gasteiger partial charge in [0.05, 0.1) is 12.9 Å². The molecule has 0 bridgehead atoms. The molecular formula is C8H14O2. The molecule has 2 nitrogen and oxygen atoms in total. The van der Waals surface area contributed by atoms with Crippen molar-refractivity contribution in [2.45, 2.75) is 27.1 Å². The van der Waals surface area contributed by atoms with E-state index in [1.807, 2.05) is 6.92 Å². The molecule has 1 rings (SSSR count). The van der Waals surface area contributed by atoms with E-state index < -0.39 is 0 Å². The van der Waals surface area contributed by atoms with E-state index in [9.17, 15) is 0 Å². The standard InChI is InChI=1S/C8H14O2/c1-6(2)8-9-4-7(3)5-10-8/h4,6,8H,5H2,1-3H3. The van der Waals surface area contributed by atoms with E-state index in [2.05, 4.69) is 13.8 Å². The van der Waals surface area contributed by atoms with E-state index in [4.69, 9.17) is 9.47 Å². The molecule has 0 aromatic heterocycles. The zero-order valence-electron chi connectivity index (χ0n) is 6.76. The van der Waals surface area contributed by atoms with E-state index in [1.165, 1.54) is 0 Å². The van der Waals surface area contributed by atoms with Crippen molar-refractivity contribution in [3.63, 3.8) is 0 Å². The second-order valence-electron chi connectivity index (χ2n) is 3.02.